The van der Waals surface area contributed by atoms with Gasteiger partial charge in [0.2, 0.25) is 0 Å². The van der Waals surface area contributed by atoms with Crippen LogP contribution in [0.4, 0.5) is 0 Å². The molecule has 2 N–H and O–H groups in total. The summed E-state index contributed by atoms with van der Waals surface area (Å²) in [6, 6.07) is 7.73. The summed E-state index contributed by atoms with van der Waals surface area (Å²) in [6.07, 6.45) is 3.43. The fourth-order valence-electron chi connectivity index (χ4n) is 2.07. The molecule has 21 heavy (non-hydrogen) atoms. The van der Waals surface area contributed by atoms with Crippen molar-refractivity contribution in [3.63, 3.8) is 0 Å². The first-order chi connectivity index (χ1) is 9.94. The molecule has 0 unspecified atom stereocenters. The molecule has 1 aromatic heterocycles. The van der Waals surface area contributed by atoms with Crippen LogP contribution in [0, 0.1) is 0 Å². The van der Waals surface area contributed by atoms with Gasteiger partial charge in [-0.3, -0.25) is 4.98 Å². The third kappa shape index (κ3) is 3.73. The van der Waals surface area contributed by atoms with Crippen LogP contribution in [0.5, 0.6) is 17.2 Å². The largest absolute Gasteiger partial charge is 0.497 e. The zero-order valence-corrected chi connectivity index (χ0v) is 13.0. The molecule has 4 nitrogen and oxygen atoms in total. The molecular weight excluding hydrogens is 264 g/mol. The van der Waals surface area contributed by atoms with Crippen molar-refractivity contribution in [2.24, 2.45) is 5.73 Å². The van der Waals surface area contributed by atoms with Crippen molar-refractivity contribution in [1.82, 2.24) is 4.98 Å². The third-order valence-electron chi connectivity index (χ3n) is 3.23. The Morgan fingerprint density at radius 1 is 1.10 bits per heavy atom. The number of nitrogens with zero attached hydrogens (tertiary/aromatic N) is 1. The van der Waals surface area contributed by atoms with Crippen molar-refractivity contribution < 1.29 is 9.47 Å². The molecule has 0 spiro atoms. The molecule has 0 radical (unpaired) electrons. The van der Waals surface area contributed by atoms with E-state index >= 15 is 0 Å². The lowest BCUT2D eigenvalue weighted by molar-refractivity contribution is 0.407. The SMILES string of the molecule is COc1ccc(Oc2cncc(CN)c2)c(C(C)(C)C)c1. The highest BCUT2D eigenvalue weighted by atomic mass is 16.5. The molecule has 0 saturated carbocycles. The summed E-state index contributed by atoms with van der Waals surface area (Å²) in [5, 5.41) is 0. The van der Waals surface area contributed by atoms with E-state index in [0.29, 0.717) is 12.3 Å². The summed E-state index contributed by atoms with van der Waals surface area (Å²) in [7, 11) is 1.66. The van der Waals surface area contributed by atoms with Gasteiger partial charge < -0.3 is 15.2 Å². The lowest BCUT2D eigenvalue weighted by atomic mass is 9.86. The summed E-state index contributed by atoms with van der Waals surface area (Å²) in [6.45, 7) is 6.87. The van der Waals surface area contributed by atoms with Crippen LogP contribution < -0.4 is 15.2 Å². The summed E-state index contributed by atoms with van der Waals surface area (Å²) in [5.41, 5.74) is 7.61. The van der Waals surface area contributed by atoms with Gasteiger partial charge in [-0.05, 0) is 35.2 Å². The fraction of sp³-hybridized carbons (Fsp3) is 0.353. The second-order valence-corrected chi connectivity index (χ2v) is 5.95. The van der Waals surface area contributed by atoms with Crippen LogP contribution in [0.25, 0.3) is 0 Å². The Morgan fingerprint density at radius 3 is 2.48 bits per heavy atom. The lowest BCUT2D eigenvalue weighted by Gasteiger charge is -2.23. The van der Waals surface area contributed by atoms with Crippen LogP contribution >= 0.6 is 0 Å². The Hall–Kier alpha value is -2.07. The first-order valence-corrected chi connectivity index (χ1v) is 6.94. The number of aromatic nitrogens is 1. The minimum Gasteiger partial charge on any atom is -0.497 e. The van der Waals surface area contributed by atoms with Gasteiger partial charge in [0.25, 0.3) is 0 Å². The monoisotopic (exact) mass is 286 g/mol. The van der Waals surface area contributed by atoms with Gasteiger partial charge in [0.15, 0.2) is 0 Å². The molecule has 0 fully saturated rings. The highest BCUT2D eigenvalue weighted by Crippen LogP contribution is 2.36. The van der Waals surface area contributed by atoms with Gasteiger partial charge in [0, 0.05) is 18.3 Å². The number of nitrogens with two attached hydrogens (primary N) is 1. The van der Waals surface area contributed by atoms with Crippen LogP contribution in [-0.2, 0) is 12.0 Å². The van der Waals surface area contributed by atoms with E-state index in [9.17, 15) is 0 Å². The second kappa shape index (κ2) is 6.14. The zero-order chi connectivity index (χ0) is 15.5. The molecule has 1 heterocycles. The molecule has 0 saturated heterocycles. The fourth-order valence-corrected chi connectivity index (χ4v) is 2.07. The maximum atomic E-state index is 6.00. The Bertz CT molecular complexity index is 618. The Balaban J connectivity index is 2.39. The summed E-state index contributed by atoms with van der Waals surface area (Å²) >= 11 is 0. The predicted molar refractivity (Wildman–Crippen MR) is 83.9 cm³/mol. The topological polar surface area (TPSA) is 57.4 Å². The molecule has 112 valence electrons. The van der Waals surface area contributed by atoms with E-state index in [-0.39, 0.29) is 5.41 Å². The number of pyridine rings is 1. The number of methoxy groups -OCH3 is 1. The number of hydrogen-bond donors (Lipinski definition) is 1. The molecule has 2 aromatic rings. The van der Waals surface area contributed by atoms with Gasteiger partial charge in [0.05, 0.1) is 13.3 Å². The average Bonchev–Trinajstić information content (AvgIpc) is 2.46. The summed E-state index contributed by atoms with van der Waals surface area (Å²) < 4.78 is 11.3. The van der Waals surface area contributed by atoms with Gasteiger partial charge in [-0.15, -0.1) is 0 Å². The van der Waals surface area contributed by atoms with E-state index in [1.54, 1.807) is 19.5 Å². The van der Waals surface area contributed by atoms with Crippen molar-refractivity contribution in [3.8, 4) is 17.2 Å². The van der Waals surface area contributed by atoms with Crippen LogP contribution in [0.1, 0.15) is 31.9 Å². The maximum Gasteiger partial charge on any atom is 0.146 e. The quantitative estimate of drug-likeness (QED) is 0.932. The van der Waals surface area contributed by atoms with E-state index < -0.39 is 0 Å². The molecule has 0 amide bonds. The van der Waals surface area contributed by atoms with Crippen LogP contribution in [-0.4, -0.2) is 12.1 Å². The molecule has 1 aromatic carbocycles. The average molecular weight is 286 g/mol. The van der Waals surface area contributed by atoms with Gasteiger partial charge in [0.1, 0.15) is 17.2 Å². The van der Waals surface area contributed by atoms with Crippen molar-refractivity contribution >= 4 is 0 Å². The second-order valence-electron chi connectivity index (χ2n) is 5.95. The molecule has 0 aliphatic rings. The zero-order valence-electron chi connectivity index (χ0n) is 13.0. The van der Waals surface area contributed by atoms with Crippen LogP contribution in [0.2, 0.25) is 0 Å². The standard InChI is InChI=1S/C17H22N2O2/c1-17(2,3)15-8-13(20-4)5-6-16(15)21-14-7-12(9-18)10-19-11-14/h5-8,10-11H,9,18H2,1-4H3. The van der Waals surface area contributed by atoms with Crippen molar-refractivity contribution in [2.45, 2.75) is 32.7 Å². The first kappa shape index (κ1) is 15.3. The molecule has 0 aliphatic heterocycles. The van der Waals surface area contributed by atoms with E-state index in [2.05, 4.69) is 25.8 Å². The van der Waals surface area contributed by atoms with Crippen molar-refractivity contribution in [2.75, 3.05) is 7.11 Å². The van der Waals surface area contributed by atoms with E-state index in [4.69, 9.17) is 15.2 Å². The summed E-state index contributed by atoms with van der Waals surface area (Å²) in [5.74, 6) is 2.31. The van der Waals surface area contributed by atoms with E-state index in [0.717, 1.165) is 22.6 Å². The Kier molecular flexibility index (Phi) is 4.48. The van der Waals surface area contributed by atoms with Gasteiger partial charge in [-0.1, -0.05) is 20.8 Å². The molecule has 4 heteroatoms. The molecule has 0 bridgehead atoms. The van der Waals surface area contributed by atoms with Gasteiger partial charge in [-0.25, -0.2) is 0 Å². The molecule has 0 aliphatic carbocycles. The minimum atomic E-state index is -0.0528. The van der Waals surface area contributed by atoms with E-state index in [1.807, 2.05) is 24.3 Å². The third-order valence-corrected chi connectivity index (χ3v) is 3.23. The number of benzene rings is 1. The first-order valence-electron chi connectivity index (χ1n) is 6.94. The molecule has 2 rings (SSSR count). The van der Waals surface area contributed by atoms with Crippen LogP contribution in [0.3, 0.4) is 0 Å². The normalized spacial score (nSPS) is 11.3. The smallest absolute Gasteiger partial charge is 0.146 e. The molecular formula is C17H22N2O2. The number of rotatable bonds is 4. The van der Waals surface area contributed by atoms with Crippen molar-refractivity contribution in [3.05, 3.63) is 47.8 Å². The Morgan fingerprint density at radius 2 is 1.86 bits per heavy atom. The highest BCUT2D eigenvalue weighted by Gasteiger charge is 2.20. The highest BCUT2D eigenvalue weighted by molar-refractivity contribution is 5.46. The van der Waals surface area contributed by atoms with E-state index in [1.165, 1.54) is 0 Å². The number of hydrogen-bond acceptors (Lipinski definition) is 4. The predicted octanol–water partition coefficient (Wildman–Crippen LogP) is 3.64. The minimum absolute atomic E-state index is 0.0528. The Labute approximate surface area is 125 Å². The lowest BCUT2D eigenvalue weighted by Crippen LogP contribution is -2.12. The van der Waals surface area contributed by atoms with Gasteiger partial charge >= 0.3 is 0 Å². The maximum absolute atomic E-state index is 6.00. The van der Waals surface area contributed by atoms with Crippen molar-refractivity contribution in [1.29, 1.82) is 0 Å². The number of ether oxygens (including phenoxy) is 2. The summed E-state index contributed by atoms with van der Waals surface area (Å²) in [4.78, 5) is 4.15. The van der Waals surface area contributed by atoms with Gasteiger partial charge in [-0.2, -0.15) is 0 Å². The van der Waals surface area contributed by atoms with Crippen LogP contribution in [0.15, 0.2) is 36.7 Å². The molecule has 0 atom stereocenters.